The number of cyclic esters (lactones) is 1. The van der Waals surface area contributed by atoms with E-state index in [1.165, 1.54) is 6.07 Å². The number of rotatable bonds is 4. The van der Waals surface area contributed by atoms with Gasteiger partial charge < -0.3 is 14.8 Å². The van der Waals surface area contributed by atoms with E-state index in [1.807, 2.05) is 0 Å². The Morgan fingerprint density at radius 1 is 1.30 bits per heavy atom. The van der Waals surface area contributed by atoms with Gasteiger partial charge >= 0.3 is 18.0 Å². The zero-order valence-corrected chi connectivity index (χ0v) is 12.1. The van der Waals surface area contributed by atoms with Gasteiger partial charge in [0.05, 0.1) is 25.3 Å². The molecule has 1 N–H and O–H groups in total. The van der Waals surface area contributed by atoms with E-state index in [0.717, 1.165) is 4.90 Å². The summed E-state index contributed by atoms with van der Waals surface area (Å²) in [6.07, 6.45) is -0.591. The average Bonchev–Trinajstić information content (AvgIpc) is 3.08. The Kier molecular flexibility index (Phi) is 3.96. The summed E-state index contributed by atoms with van der Waals surface area (Å²) in [6, 6.07) is 5.98. The Morgan fingerprint density at radius 3 is 2.74 bits per heavy atom. The average molecular weight is 318 g/mol. The lowest BCUT2D eigenvalue weighted by Gasteiger charge is -2.16. The molecule has 0 bridgehead atoms. The number of esters is 2. The second-order valence-electron chi connectivity index (χ2n) is 5.15. The molecule has 23 heavy (non-hydrogen) atoms. The van der Waals surface area contributed by atoms with Crippen LogP contribution in [-0.2, 0) is 25.6 Å². The number of imide groups is 1. The minimum absolute atomic E-state index is 0.0367. The topological polar surface area (TPSA) is 102 Å². The number of carbonyl (C=O) groups excluding carboxylic acids is 4. The second kappa shape index (κ2) is 6.07. The van der Waals surface area contributed by atoms with E-state index < -0.39 is 24.1 Å². The molecule has 120 valence electrons. The van der Waals surface area contributed by atoms with Crippen molar-refractivity contribution in [1.82, 2.24) is 10.2 Å². The van der Waals surface area contributed by atoms with Gasteiger partial charge in [-0.05, 0) is 11.6 Å². The minimum Gasteiger partial charge on any atom is -0.463 e. The molecule has 8 heteroatoms. The number of ether oxygens (including phenoxy) is 2. The summed E-state index contributed by atoms with van der Waals surface area (Å²) in [5, 5.41) is 2.41. The summed E-state index contributed by atoms with van der Waals surface area (Å²) in [6.45, 7) is 0.130. The molecule has 2 aliphatic heterocycles. The Hall–Kier alpha value is -2.90. The first-order valence-corrected chi connectivity index (χ1v) is 7.10. The van der Waals surface area contributed by atoms with E-state index in [1.54, 1.807) is 18.2 Å². The number of amides is 3. The van der Waals surface area contributed by atoms with E-state index >= 15 is 0 Å². The lowest BCUT2D eigenvalue weighted by molar-refractivity contribution is -0.145. The van der Waals surface area contributed by atoms with Crippen LogP contribution in [0, 0.1) is 0 Å². The van der Waals surface area contributed by atoms with Crippen LogP contribution in [0.1, 0.15) is 22.3 Å². The zero-order valence-electron chi connectivity index (χ0n) is 12.1. The van der Waals surface area contributed by atoms with Crippen LogP contribution in [0.15, 0.2) is 24.3 Å². The lowest BCUT2D eigenvalue weighted by atomic mass is 10.1. The van der Waals surface area contributed by atoms with Crippen molar-refractivity contribution >= 4 is 23.9 Å². The SMILES string of the molecule is O=C(O[C@@H]1CCOC1=O)c1ccccc1CN1C(=O)CNC1=O. The summed E-state index contributed by atoms with van der Waals surface area (Å²) < 4.78 is 9.90. The highest BCUT2D eigenvalue weighted by Gasteiger charge is 2.32. The molecule has 3 rings (SSSR count). The monoisotopic (exact) mass is 318 g/mol. The van der Waals surface area contributed by atoms with Gasteiger partial charge in [0, 0.05) is 6.42 Å². The molecule has 0 radical (unpaired) electrons. The fraction of sp³-hybridized carbons (Fsp3) is 0.333. The predicted octanol–water partition coefficient (Wildman–Crippen LogP) is 0.211. The Morgan fingerprint density at radius 2 is 2.09 bits per heavy atom. The van der Waals surface area contributed by atoms with Gasteiger partial charge in [0.1, 0.15) is 0 Å². The highest BCUT2D eigenvalue weighted by atomic mass is 16.6. The molecule has 2 heterocycles. The van der Waals surface area contributed by atoms with Crippen molar-refractivity contribution in [1.29, 1.82) is 0 Å². The fourth-order valence-electron chi connectivity index (χ4n) is 2.42. The molecule has 3 amide bonds. The molecule has 1 atom stereocenters. The van der Waals surface area contributed by atoms with Crippen LogP contribution >= 0.6 is 0 Å². The van der Waals surface area contributed by atoms with Crippen molar-refractivity contribution in [3.8, 4) is 0 Å². The van der Waals surface area contributed by atoms with Crippen LogP contribution in [0.2, 0.25) is 0 Å². The maximum Gasteiger partial charge on any atom is 0.347 e. The van der Waals surface area contributed by atoms with Crippen molar-refractivity contribution in [3.63, 3.8) is 0 Å². The van der Waals surface area contributed by atoms with Crippen molar-refractivity contribution in [3.05, 3.63) is 35.4 Å². The first-order chi connectivity index (χ1) is 11.1. The third kappa shape index (κ3) is 3.01. The molecule has 0 aromatic heterocycles. The molecule has 0 saturated carbocycles. The van der Waals surface area contributed by atoms with E-state index in [4.69, 9.17) is 9.47 Å². The van der Waals surface area contributed by atoms with E-state index in [9.17, 15) is 19.2 Å². The van der Waals surface area contributed by atoms with E-state index in [-0.39, 0.29) is 31.2 Å². The summed E-state index contributed by atoms with van der Waals surface area (Å²) in [4.78, 5) is 47.9. The number of carbonyl (C=O) groups is 4. The molecular weight excluding hydrogens is 304 g/mol. The van der Waals surface area contributed by atoms with Gasteiger partial charge in [-0.2, -0.15) is 0 Å². The standard InChI is InChI=1S/C15H14N2O6/c18-12-7-16-15(21)17(12)8-9-3-1-2-4-10(9)13(19)23-11-5-6-22-14(11)20/h1-4,11H,5-8H2,(H,16,21)/t11-/m1/s1. The largest absolute Gasteiger partial charge is 0.463 e. The van der Waals surface area contributed by atoms with Gasteiger partial charge in [-0.3, -0.25) is 9.69 Å². The summed E-state index contributed by atoms with van der Waals surface area (Å²) >= 11 is 0. The predicted molar refractivity (Wildman–Crippen MR) is 75.2 cm³/mol. The second-order valence-corrected chi connectivity index (χ2v) is 5.15. The van der Waals surface area contributed by atoms with Gasteiger partial charge in [-0.25, -0.2) is 14.4 Å². The Bertz CT molecular complexity index is 670. The quantitative estimate of drug-likeness (QED) is 0.629. The first-order valence-electron chi connectivity index (χ1n) is 7.10. The highest BCUT2D eigenvalue weighted by molar-refractivity contribution is 6.02. The molecule has 0 unspecified atom stereocenters. The number of hydrogen-bond donors (Lipinski definition) is 1. The molecule has 0 spiro atoms. The minimum atomic E-state index is -0.910. The summed E-state index contributed by atoms with van der Waals surface area (Å²) in [5.74, 6) is -1.61. The van der Waals surface area contributed by atoms with Gasteiger partial charge in [-0.1, -0.05) is 18.2 Å². The Labute approximate surface area is 131 Å². The highest BCUT2D eigenvalue weighted by Crippen LogP contribution is 2.18. The van der Waals surface area contributed by atoms with Crippen LogP contribution in [0.5, 0.6) is 0 Å². The van der Waals surface area contributed by atoms with E-state index in [2.05, 4.69) is 5.32 Å². The molecule has 1 aromatic rings. The summed E-state index contributed by atoms with van der Waals surface area (Å²) in [5.41, 5.74) is 0.675. The van der Waals surface area contributed by atoms with Crippen LogP contribution < -0.4 is 5.32 Å². The van der Waals surface area contributed by atoms with Crippen molar-refractivity contribution in [2.75, 3.05) is 13.2 Å². The third-order valence-electron chi connectivity index (χ3n) is 3.64. The van der Waals surface area contributed by atoms with Gasteiger partial charge in [-0.15, -0.1) is 0 Å². The third-order valence-corrected chi connectivity index (χ3v) is 3.64. The number of nitrogens with zero attached hydrogens (tertiary/aromatic N) is 1. The summed E-state index contributed by atoms with van der Waals surface area (Å²) in [7, 11) is 0. The number of hydrogen-bond acceptors (Lipinski definition) is 6. The zero-order chi connectivity index (χ0) is 16.4. The molecule has 0 aliphatic carbocycles. The van der Waals surface area contributed by atoms with Gasteiger partial charge in [0.2, 0.25) is 12.0 Å². The van der Waals surface area contributed by atoms with Crippen LogP contribution in [-0.4, -0.2) is 48.0 Å². The van der Waals surface area contributed by atoms with Crippen molar-refractivity contribution in [2.24, 2.45) is 0 Å². The van der Waals surface area contributed by atoms with E-state index in [0.29, 0.717) is 12.0 Å². The van der Waals surface area contributed by atoms with Gasteiger partial charge in [0.15, 0.2) is 0 Å². The van der Waals surface area contributed by atoms with Crippen molar-refractivity contribution in [2.45, 2.75) is 19.1 Å². The van der Waals surface area contributed by atoms with Crippen molar-refractivity contribution < 1.29 is 28.7 Å². The van der Waals surface area contributed by atoms with Crippen LogP contribution in [0.3, 0.4) is 0 Å². The normalized spacial score (nSPS) is 20.4. The number of nitrogens with one attached hydrogen (secondary N) is 1. The van der Waals surface area contributed by atoms with Gasteiger partial charge in [0.25, 0.3) is 0 Å². The smallest absolute Gasteiger partial charge is 0.347 e. The number of urea groups is 1. The molecule has 1 aromatic carbocycles. The van der Waals surface area contributed by atoms with Crippen LogP contribution in [0.4, 0.5) is 4.79 Å². The lowest BCUT2D eigenvalue weighted by Crippen LogP contribution is -2.31. The molecule has 2 saturated heterocycles. The molecule has 8 nitrogen and oxygen atoms in total. The maximum absolute atomic E-state index is 12.3. The molecule has 2 aliphatic rings. The fourth-order valence-corrected chi connectivity index (χ4v) is 2.42. The molecule has 2 fully saturated rings. The maximum atomic E-state index is 12.3. The Balaban J connectivity index is 1.77. The molecular formula is C15H14N2O6. The number of benzene rings is 1. The first kappa shape index (κ1) is 15.0. The van der Waals surface area contributed by atoms with Crippen LogP contribution in [0.25, 0.3) is 0 Å².